The van der Waals surface area contributed by atoms with Crippen molar-refractivity contribution in [1.82, 2.24) is 15.0 Å². The van der Waals surface area contributed by atoms with Gasteiger partial charge in [-0.3, -0.25) is 4.98 Å². The van der Waals surface area contributed by atoms with E-state index in [0.29, 0.717) is 0 Å². The first-order valence-electron chi connectivity index (χ1n) is 18.0. The lowest BCUT2D eigenvalue weighted by atomic mass is 9.67. The van der Waals surface area contributed by atoms with Gasteiger partial charge in [-0.15, -0.1) is 0 Å². The highest BCUT2D eigenvalue weighted by molar-refractivity contribution is 5.92. The molecule has 3 nitrogen and oxygen atoms in total. The lowest BCUT2D eigenvalue weighted by Gasteiger charge is -2.34. The average Bonchev–Trinajstić information content (AvgIpc) is 3.54. The highest BCUT2D eigenvalue weighted by Gasteiger charge is 2.46. The SMILES string of the molecule is c1ccc(-c2nc3ccccc3nc2-c2ccc3c(c2)C(c2ccccc2)(c2ccccc2)c2cc(-c4ccc(-c5ccccn5)cc4)ccc2-3)cc1. The summed E-state index contributed by atoms with van der Waals surface area (Å²) in [7, 11) is 0. The average molecular weight is 676 g/mol. The van der Waals surface area contributed by atoms with Crippen molar-refractivity contribution in [2.45, 2.75) is 5.41 Å². The van der Waals surface area contributed by atoms with Crippen LogP contribution in [0, 0.1) is 0 Å². The third-order valence-corrected chi connectivity index (χ3v) is 10.6. The molecule has 2 aromatic heterocycles. The van der Waals surface area contributed by atoms with Crippen LogP contribution in [0.25, 0.3) is 67.1 Å². The van der Waals surface area contributed by atoms with Crippen LogP contribution in [0.2, 0.25) is 0 Å². The van der Waals surface area contributed by atoms with Crippen LogP contribution in [0.15, 0.2) is 200 Å². The Bertz CT molecular complexity index is 2700. The second-order valence-corrected chi connectivity index (χ2v) is 13.6. The summed E-state index contributed by atoms with van der Waals surface area (Å²) in [6.45, 7) is 0. The highest BCUT2D eigenvalue weighted by atomic mass is 14.8. The third-order valence-electron chi connectivity index (χ3n) is 10.6. The Labute approximate surface area is 309 Å². The van der Waals surface area contributed by atoms with Gasteiger partial charge in [0.2, 0.25) is 0 Å². The van der Waals surface area contributed by atoms with E-state index in [0.717, 1.165) is 50.4 Å². The number of rotatable bonds is 6. The van der Waals surface area contributed by atoms with E-state index in [9.17, 15) is 0 Å². The molecule has 0 N–H and O–H groups in total. The van der Waals surface area contributed by atoms with E-state index in [-0.39, 0.29) is 0 Å². The molecule has 0 amide bonds. The van der Waals surface area contributed by atoms with Crippen molar-refractivity contribution in [2.24, 2.45) is 0 Å². The summed E-state index contributed by atoms with van der Waals surface area (Å²) in [5.41, 5.74) is 16.8. The van der Waals surface area contributed by atoms with Crippen molar-refractivity contribution in [3.05, 3.63) is 223 Å². The van der Waals surface area contributed by atoms with Gasteiger partial charge in [0.1, 0.15) is 0 Å². The number of hydrogen-bond donors (Lipinski definition) is 0. The molecule has 0 spiro atoms. The van der Waals surface area contributed by atoms with E-state index in [1.165, 1.54) is 38.9 Å². The number of para-hydroxylation sites is 2. The number of aromatic nitrogens is 3. The molecule has 1 aliphatic rings. The monoisotopic (exact) mass is 675 g/mol. The zero-order valence-electron chi connectivity index (χ0n) is 28.9. The van der Waals surface area contributed by atoms with Gasteiger partial charge in [0.25, 0.3) is 0 Å². The summed E-state index contributed by atoms with van der Waals surface area (Å²) in [4.78, 5) is 15.1. The quantitative estimate of drug-likeness (QED) is 0.176. The van der Waals surface area contributed by atoms with Crippen molar-refractivity contribution in [3.8, 4) is 56.0 Å². The van der Waals surface area contributed by atoms with Gasteiger partial charge in [-0.2, -0.15) is 0 Å². The van der Waals surface area contributed by atoms with Gasteiger partial charge in [0, 0.05) is 22.9 Å². The van der Waals surface area contributed by atoms with Gasteiger partial charge in [0.15, 0.2) is 0 Å². The van der Waals surface area contributed by atoms with E-state index in [1.807, 2.05) is 48.7 Å². The van der Waals surface area contributed by atoms with E-state index in [4.69, 9.17) is 9.97 Å². The molecule has 2 heterocycles. The van der Waals surface area contributed by atoms with Crippen molar-refractivity contribution in [1.29, 1.82) is 0 Å². The standard InChI is InChI=1S/C50H33N3/c1-4-14-36(15-5-1)48-49(53-47-22-11-10-21-46(47)52-48)38-28-30-42-41-29-27-37(34-23-25-35(26-24-34)45-20-12-13-31-51-45)32-43(41)50(44(42)33-38,39-16-6-2-7-17-39)40-18-8-3-9-19-40/h1-33H. The fourth-order valence-electron chi connectivity index (χ4n) is 8.18. The lowest BCUT2D eigenvalue weighted by Crippen LogP contribution is -2.28. The summed E-state index contributed by atoms with van der Waals surface area (Å²) in [6, 6.07) is 69.2. The van der Waals surface area contributed by atoms with Crippen molar-refractivity contribution in [3.63, 3.8) is 0 Å². The summed E-state index contributed by atoms with van der Waals surface area (Å²) >= 11 is 0. The molecular formula is C50H33N3. The molecule has 9 aromatic rings. The second-order valence-electron chi connectivity index (χ2n) is 13.6. The van der Waals surface area contributed by atoms with Gasteiger partial charge < -0.3 is 0 Å². The van der Waals surface area contributed by atoms with Crippen molar-refractivity contribution >= 4 is 11.0 Å². The van der Waals surface area contributed by atoms with Gasteiger partial charge in [-0.1, -0.05) is 158 Å². The van der Waals surface area contributed by atoms with Gasteiger partial charge >= 0.3 is 0 Å². The minimum atomic E-state index is -0.579. The van der Waals surface area contributed by atoms with Crippen LogP contribution in [0.1, 0.15) is 22.3 Å². The molecule has 10 rings (SSSR count). The number of fused-ring (bicyclic) bond motifs is 4. The molecule has 0 aliphatic heterocycles. The molecule has 0 unspecified atom stereocenters. The number of nitrogens with zero attached hydrogens (tertiary/aromatic N) is 3. The van der Waals surface area contributed by atoms with Gasteiger partial charge in [-0.05, 0) is 80.9 Å². The molecule has 0 saturated carbocycles. The first-order valence-corrected chi connectivity index (χ1v) is 18.0. The van der Waals surface area contributed by atoms with Gasteiger partial charge in [0.05, 0.1) is 33.5 Å². The zero-order valence-corrected chi connectivity index (χ0v) is 28.9. The molecule has 0 atom stereocenters. The molecule has 3 heteroatoms. The third kappa shape index (κ3) is 5.09. The maximum Gasteiger partial charge on any atom is 0.0973 e. The Morgan fingerprint density at radius 1 is 0.340 bits per heavy atom. The lowest BCUT2D eigenvalue weighted by molar-refractivity contribution is 0.769. The van der Waals surface area contributed by atoms with Crippen molar-refractivity contribution in [2.75, 3.05) is 0 Å². The minimum absolute atomic E-state index is 0.579. The molecule has 0 saturated heterocycles. The van der Waals surface area contributed by atoms with E-state index in [1.54, 1.807) is 0 Å². The predicted octanol–water partition coefficient (Wildman–Crippen LogP) is 12.1. The molecule has 0 radical (unpaired) electrons. The number of pyridine rings is 1. The van der Waals surface area contributed by atoms with Crippen LogP contribution in [0.4, 0.5) is 0 Å². The van der Waals surface area contributed by atoms with E-state index in [2.05, 4.69) is 157 Å². The Kier molecular flexibility index (Phi) is 7.36. The normalized spacial score (nSPS) is 12.7. The molecule has 53 heavy (non-hydrogen) atoms. The van der Waals surface area contributed by atoms with Crippen LogP contribution in [-0.4, -0.2) is 15.0 Å². The van der Waals surface area contributed by atoms with Gasteiger partial charge in [-0.25, -0.2) is 9.97 Å². The summed E-state index contributed by atoms with van der Waals surface area (Å²) in [5.74, 6) is 0. The summed E-state index contributed by atoms with van der Waals surface area (Å²) in [5, 5.41) is 0. The zero-order chi connectivity index (χ0) is 35.2. The molecule has 1 aliphatic carbocycles. The fourth-order valence-corrected chi connectivity index (χ4v) is 8.18. The van der Waals surface area contributed by atoms with Crippen LogP contribution in [0.5, 0.6) is 0 Å². The van der Waals surface area contributed by atoms with Crippen molar-refractivity contribution < 1.29 is 0 Å². The minimum Gasteiger partial charge on any atom is -0.256 e. The molecule has 0 fully saturated rings. The van der Waals surface area contributed by atoms with E-state index >= 15 is 0 Å². The molecule has 7 aromatic carbocycles. The molecule has 0 bridgehead atoms. The Morgan fingerprint density at radius 2 is 0.811 bits per heavy atom. The number of hydrogen-bond acceptors (Lipinski definition) is 3. The Hall–Kier alpha value is -6.97. The van der Waals surface area contributed by atoms with Crippen LogP contribution in [-0.2, 0) is 5.41 Å². The topological polar surface area (TPSA) is 38.7 Å². The predicted molar refractivity (Wildman–Crippen MR) is 216 cm³/mol. The summed E-state index contributed by atoms with van der Waals surface area (Å²) < 4.78 is 0. The Morgan fingerprint density at radius 3 is 1.40 bits per heavy atom. The second kappa shape index (κ2) is 12.7. The van der Waals surface area contributed by atoms with E-state index < -0.39 is 5.41 Å². The first-order chi connectivity index (χ1) is 26.3. The number of benzene rings is 7. The molecular weight excluding hydrogens is 643 g/mol. The van der Waals surface area contributed by atoms with Crippen LogP contribution in [0.3, 0.4) is 0 Å². The first kappa shape index (κ1) is 30.8. The van der Waals surface area contributed by atoms with Crippen LogP contribution < -0.4 is 0 Å². The summed E-state index contributed by atoms with van der Waals surface area (Å²) in [6.07, 6.45) is 1.84. The maximum atomic E-state index is 5.31. The maximum absolute atomic E-state index is 5.31. The fraction of sp³-hybridized carbons (Fsp3) is 0.0200. The van der Waals surface area contributed by atoms with Crippen LogP contribution >= 0.6 is 0 Å². The smallest absolute Gasteiger partial charge is 0.0973 e. The highest BCUT2D eigenvalue weighted by Crippen LogP contribution is 2.57. The Balaban J connectivity index is 1.22. The molecule has 248 valence electrons. The largest absolute Gasteiger partial charge is 0.256 e.